The number of hydrogen-bond acceptors (Lipinski definition) is 5. The number of anilines is 2. The van der Waals surface area contributed by atoms with Gasteiger partial charge in [0.2, 0.25) is 5.13 Å². The van der Waals surface area contributed by atoms with Crippen molar-refractivity contribution in [2.75, 3.05) is 36.4 Å². The second-order valence-corrected chi connectivity index (χ2v) is 8.55. The van der Waals surface area contributed by atoms with Crippen LogP contribution >= 0.6 is 11.5 Å². The predicted octanol–water partition coefficient (Wildman–Crippen LogP) is 4.63. The van der Waals surface area contributed by atoms with Crippen LogP contribution in [0, 0.1) is 19.7 Å². The standard InChI is InChI=1S/C23H26FN5OS/c1-16-5-3-6-17(2)21(16)26-22(30)28-11-4-12-29(14-13-28)23-25-20(27-31-23)15-18-7-9-19(24)10-8-18/h3,5-10H,4,11-15H2,1-2H3,(H,26,30). The van der Waals surface area contributed by atoms with Crippen molar-refractivity contribution < 1.29 is 9.18 Å². The van der Waals surface area contributed by atoms with Gasteiger partial charge in [-0.1, -0.05) is 30.3 Å². The number of benzene rings is 2. The van der Waals surface area contributed by atoms with E-state index in [1.807, 2.05) is 36.9 Å². The lowest BCUT2D eigenvalue weighted by Crippen LogP contribution is -2.38. The number of rotatable bonds is 4. The quantitative estimate of drug-likeness (QED) is 0.644. The monoisotopic (exact) mass is 439 g/mol. The second kappa shape index (κ2) is 9.43. The van der Waals surface area contributed by atoms with Crippen molar-refractivity contribution >= 4 is 28.4 Å². The smallest absolute Gasteiger partial charge is 0.321 e. The van der Waals surface area contributed by atoms with Crippen LogP contribution < -0.4 is 10.2 Å². The molecule has 1 aliphatic heterocycles. The molecular formula is C23H26FN5OS. The molecule has 2 amide bonds. The summed E-state index contributed by atoms with van der Waals surface area (Å²) in [5, 5.41) is 3.95. The van der Waals surface area contributed by atoms with Crippen LogP contribution in [-0.2, 0) is 6.42 Å². The number of urea groups is 1. The first-order valence-electron chi connectivity index (χ1n) is 10.4. The fourth-order valence-electron chi connectivity index (χ4n) is 3.74. The van der Waals surface area contributed by atoms with Gasteiger partial charge in [-0.3, -0.25) is 0 Å². The zero-order valence-corrected chi connectivity index (χ0v) is 18.6. The zero-order valence-electron chi connectivity index (χ0n) is 17.8. The highest BCUT2D eigenvalue weighted by Gasteiger charge is 2.22. The number of halogens is 1. The highest BCUT2D eigenvalue weighted by Crippen LogP contribution is 2.22. The number of hydrogen-bond donors (Lipinski definition) is 1. The minimum Gasteiger partial charge on any atom is -0.345 e. The Bertz CT molecular complexity index is 1030. The van der Waals surface area contributed by atoms with Crippen LogP contribution in [0.25, 0.3) is 0 Å². The minimum atomic E-state index is -0.244. The van der Waals surface area contributed by atoms with E-state index in [2.05, 4.69) is 19.6 Å². The number of aryl methyl sites for hydroxylation is 2. The number of carbonyl (C=O) groups is 1. The number of aromatic nitrogens is 2. The lowest BCUT2D eigenvalue weighted by Gasteiger charge is -2.23. The summed E-state index contributed by atoms with van der Waals surface area (Å²) in [4.78, 5) is 21.6. The van der Waals surface area contributed by atoms with Gasteiger partial charge in [0.25, 0.3) is 0 Å². The van der Waals surface area contributed by atoms with Crippen LogP contribution in [0.3, 0.4) is 0 Å². The zero-order chi connectivity index (χ0) is 21.8. The van der Waals surface area contributed by atoms with Crippen molar-refractivity contribution in [2.24, 2.45) is 0 Å². The van der Waals surface area contributed by atoms with E-state index in [0.29, 0.717) is 26.1 Å². The average Bonchev–Trinajstić information content (AvgIpc) is 3.07. The maximum absolute atomic E-state index is 13.1. The number of nitrogens with one attached hydrogen (secondary N) is 1. The summed E-state index contributed by atoms with van der Waals surface area (Å²) in [7, 11) is 0. The third-order valence-corrected chi connectivity index (χ3v) is 6.31. The van der Waals surface area contributed by atoms with Crippen LogP contribution in [0.2, 0.25) is 0 Å². The van der Waals surface area contributed by atoms with E-state index in [1.165, 1.54) is 23.7 Å². The Kier molecular flexibility index (Phi) is 6.46. The molecule has 0 spiro atoms. The van der Waals surface area contributed by atoms with E-state index in [-0.39, 0.29) is 11.8 Å². The summed E-state index contributed by atoms with van der Waals surface area (Å²) in [6, 6.07) is 12.4. The second-order valence-electron chi connectivity index (χ2n) is 7.82. The minimum absolute atomic E-state index is 0.0616. The van der Waals surface area contributed by atoms with Gasteiger partial charge in [-0.25, -0.2) is 14.2 Å². The van der Waals surface area contributed by atoms with Crippen LogP contribution in [0.1, 0.15) is 28.9 Å². The molecule has 0 aliphatic carbocycles. The Hall–Kier alpha value is -3.00. The Morgan fingerprint density at radius 1 is 1.06 bits per heavy atom. The van der Waals surface area contributed by atoms with Crippen LogP contribution in [0.4, 0.5) is 20.0 Å². The third kappa shape index (κ3) is 5.19. The molecule has 1 N–H and O–H groups in total. The Morgan fingerprint density at radius 2 is 1.81 bits per heavy atom. The number of nitrogens with zero attached hydrogens (tertiary/aromatic N) is 4. The van der Waals surface area contributed by atoms with Crippen molar-refractivity contribution in [3.05, 3.63) is 70.8 Å². The molecule has 1 aliphatic rings. The molecule has 1 aromatic heterocycles. The molecule has 1 saturated heterocycles. The van der Waals surface area contributed by atoms with Crippen molar-refractivity contribution in [3.8, 4) is 0 Å². The summed E-state index contributed by atoms with van der Waals surface area (Å²) in [5.41, 5.74) is 4.00. The van der Waals surface area contributed by atoms with Crippen LogP contribution in [-0.4, -0.2) is 46.5 Å². The van der Waals surface area contributed by atoms with Gasteiger partial charge in [0.1, 0.15) is 11.6 Å². The van der Waals surface area contributed by atoms with E-state index in [1.54, 1.807) is 12.1 Å². The largest absolute Gasteiger partial charge is 0.345 e. The molecule has 2 heterocycles. The number of amides is 2. The summed E-state index contributed by atoms with van der Waals surface area (Å²) < 4.78 is 17.6. The van der Waals surface area contributed by atoms with Crippen LogP contribution in [0.15, 0.2) is 42.5 Å². The molecule has 0 unspecified atom stereocenters. The molecule has 2 aromatic carbocycles. The maximum Gasteiger partial charge on any atom is 0.321 e. The van der Waals surface area contributed by atoms with E-state index in [0.717, 1.165) is 46.3 Å². The Morgan fingerprint density at radius 3 is 2.55 bits per heavy atom. The van der Waals surface area contributed by atoms with Gasteiger partial charge in [0.15, 0.2) is 0 Å². The van der Waals surface area contributed by atoms with Crippen molar-refractivity contribution in [1.82, 2.24) is 14.3 Å². The first kappa shape index (κ1) is 21.2. The van der Waals surface area contributed by atoms with Gasteiger partial charge < -0.3 is 15.1 Å². The molecular weight excluding hydrogens is 413 g/mol. The Balaban J connectivity index is 1.36. The van der Waals surface area contributed by atoms with Gasteiger partial charge >= 0.3 is 6.03 Å². The molecule has 0 saturated carbocycles. The van der Waals surface area contributed by atoms with Gasteiger partial charge in [-0.15, -0.1) is 0 Å². The highest BCUT2D eigenvalue weighted by molar-refractivity contribution is 7.09. The van der Waals surface area contributed by atoms with Gasteiger partial charge in [0.05, 0.1) is 0 Å². The van der Waals surface area contributed by atoms with Crippen LogP contribution in [0.5, 0.6) is 0 Å². The molecule has 162 valence electrons. The topological polar surface area (TPSA) is 61.4 Å². The molecule has 6 nitrogen and oxygen atoms in total. The molecule has 31 heavy (non-hydrogen) atoms. The van der Waals surface area contributed by atoms with E-state index < -0.39 is 0 Å². The molecule has 0 radical (unpaired) electrons. The normalized spacial score (nSPS) is 14.4. The lowest BCUT2D eigenvalue weighted by atomic mass is 10.1. The van der Waals surface area contributed by atoms with E-state index in [4.69, 9.17) is 0 Å². The van der Waals surface area contributed by atoms with Crippen molar-refractivity contribution in [2.45, 2.75) is 26.7 Å². The number of para-hydroxylation sites is 1. The van der Waals surface area contributed by atoms with Gasteiger partial charge in [0, 0.05) is 49.8 Å². The fraction of sp³-hybridized carbons (Fsp3) is 0.348. The maximum atomic E-state index is 13.1. The molecule has 4 rings (SSSR count). The predicted molar refractivity (Wildman–Crippen MR) is 122 cm³/mol. The van der Waals surface area contributed by atoms with Crippen molar-refractivity contribution in [1.29, 1.82) is 0 Å². The average molecular weight is 440 g/mol. The van der Waals surface area contributed by atoms with Crippen molar-refractivity contribution in [3.63, 3.8) is 0 Å². The number of carbonyl (C=O) groups excluding carboxylic acids is 1. The summed E-state index contributed by atoms with van der Waals surface area (Å²) >= 11 is 1.38. The van der Waals surface area contributed by atoms with Gasteiger partial charge in [-0.05, 0) is 49.1 Å². The molecule has 3 aromatic rings. The summed E-state index contributed by atoms with van der Waals surface area (Å²) in [6.45, 7) is 6.89. The van der Waals surface area contributed by atoms with E-state index in [9.17, 15) is 9.18 Å². The SMILES string of the molecule is Cc1cccc(C)c1NC(=O)N1CCCN(c2nc(Cc3ccc(F)cc3)ns2)CC1. The summed E-state index contributed by atoms with van der Waals surface area (Å²) in [5.74, 6) is 0.493. The van der Waals surface area contributed by atoms with E-state index >= 15 is 0 Å². The fourth-order valence-corrected chi connectivity index (χ4v) is 4.48. The Labute approximate surface area is 185 Å². The first-order valence-corrected chi connectivity index (χ1v) is 11.2. The lowest BCUT2D eigenvalue weighted by molar-refractivity contribution is 0.215. The molecule has 0 atom stereocenters. The molecule has 0 bridgehead atoms. The third-order valence-electron chi connectivity index (χ3n) is 5.50. The van der Waals surface area contributed by atoms with Gasteiger partial charge in [-0.2, -0.15) is 4.37 Å². The molecule has 8 heteroatoms. The summed E-state index contributed by atoms with van der Waals surface area (Å²) in [6.07, 6.45) is 1.45. The first-order chi connectivity index (χ1) is 15.0. The molecule has 1 fully saturated rings. The highest BCUT2D eigenvalue weighted by atomic mass is 32.1.